The summed E-state index contributed by atoms with van der Waals surface area (Å²) in [7, 11) is 0. The molecule has 29 heavy (non-hydrogen) atoms. The summed E-state index contributed by atoms with van der Waals surface area (Å²) in [6, 6.07) is 0. The van der Waals surface area contributed by atoms with Gasteiger partial charge in [-0.25, -0.2) is 0 Å². The molecule has 1 radical (unpaired) electrons. The molecular formula is C14H24MnN3NaO10. The molecule has 163 valence electrons. The van der Waals surface area contributed by atoms with E-state index < -0.39 is 62.6 Å². The molecule has 0 aliphatic heterocycles. The zero-order chi connectivity index (χ0) is 21.0. The summed E-state index contributed by atoms with van der Waals surface area (Å²) in [4.78, 5) is 57.6. The van der Waals surface area contributed by atoms with E-state index in [4.69, 9.17) is 25.5 Å². The average Bonchev–Trinajstić information content (AvgIpc) is 2.46. The Bertz CT molecular complexity index is 494. The van der Waals surface area contributed by atoms with Gasteiger partial charge in [0.25, 0.3) is 0 Å². The first-order valence-electron chi connectivity index (χ1n) is 7.75. The molecule has 0 unspecified atom stereocenters. The molecule has 0 bridgehead atoms. The fourth-order valence-electron chi connectivity index (χ4n) is 2.22. The second-order valence-electron chi connectivity index (χ2n) is 5.67. The van der Waals surface area contributed by atoms with E-state index in [9.17, 15) is 24.0 Å². The Morgan fingerprint density at radius 3 is 0.828 bits per heavy atom. The van der Waals surface area contributed by atoms with Crippen LogP contribution in [0.15, 0.2) is 0 Å². The van der Waals surface area contributed by atoms with Gasteiger partial charge in [0.15, 0.2) is 0 Å². The van der Waals surface area contributed by atoms with Crippen LogP contribution in [0.5, 0.6) is 0 Å². The van der Waals surface area contributed by atoms with Gasteiger partial charge in [-0.05, 0) is 0 Å². The van der Waals surface area contributed by atoms with Crippen molar-refractivity contribution in [3.63, 3.8) is 0 Å². The Kier molecular flexibility index (Phi) is 19.7. The van der Waals surface area contributed by atoms with Crippen molar-refractivity contribution in [1.82, 2.24) is 14.7 Å². The van der Waals surface area contributed by atoms with Crippen LogP contribution >= 0.6 is 0 Å². The number of carboxylic acid groups (broad SMARTS) is 5. The van der Waals surface area contributed by atoms with Gasteiger partial charge in [-0.3, -0.25) is 38.7 Å². The Hall–Kier alpha value is -1.25. The van der Waals surface area contributed by atoms with Gasteiger partial charge >= 0.3 is 59.4 Å². The van der Waals surface area contributed by atoms with Gasteiger partial charge in [-0.2, -0.15) is 0 Å². The minimum atomic E-state index is -1.24. The Labute approximate surface area is 199 Å². The number of hydrogen-bond acceptors (Lipinski definition) is 8. The van der Waals surface area contributed by atoms with Crippen molar-refractivity contribution in [3.8, 4) is 0 Å². The van der Waals surface area contributed by atoms with Crippen LogP contribution in [0.2, 0.25) is 0 Å². The Balaban J connectivity index is -0.00000338. The monoisotopic (exact) mass is 472 g/mol. The number of aliphatic carboxylic acids is 5. The molecule has 0 aliphatic carbocycles. The van der Waals surface area contributed by atoms with Crippen LogP contribution in [0, 0.1) is 0 Å². The molecule has 0 spiro atoms. The van der Waals surface area contributed by atoms with Gasteiger partial charge in [0.2, 0.25) is 0 Å². The van der Waals surface area contributed by atoms with Gasteiger partial charge < -0.3 is 25.5 Å². The van der Waals surface area contributed by atoms with Gasteiger partial charge in [-0.1, -0.05) is 0 Å². The molecule has 13 nitrogen and oxygen atoms in total. The van der Waals surface area contributed by atoms with Gasteiger partial charge in [0.05, 0.1) is 32.7 Å². The topological polar surface area (TPSA) is 196 Å². The molecule has 0 saturated heterocycles. The Morgan fingerprint density at radius 2 is 0.621 bits per heavy atom. The van der Waals surface area contributed by atoms with Crippen LogP contribution < -0.4 is 0 Å². The number of carbonyl (C=O) groups is 5. The maximum atomic E-state index is 11.0. The summed E-state index contributed by atoms with van der Waals surface area (Å²) in [5.41, 5.74) is 0. The summed E-state index contributed by atoms with van der Waals surface area (Å²) >= 11 is 0. The van der Waals surface area contributed by atoms with E-state index in [2.05, 4.69) is 0 Å². The third kappa shape index (κ3) is 19.8. The van der Waals surface area contributed by atoms with Crippen LogP contribution in [0.3, 0.4) is 0 Å². The molecule has 0 atom stereocenters. The van der Waals surface area contributed by atoms with E-state index in [0.717, 1.165) is 9.80 Å². The van der Waals surface area contributed by atoms with Crippen LogP contribution in [0.4, 0.5) is 0 Å². The van der Waals surface area contributed by atoms with Crippen molar-refractivity contribution in [2.75, 3.05) is 58.9 Å². The van der Waals surface area contributed by atoms with E-state index in [0.29, 0.717) is 0 Å². The van der Waals surface area contributed by atoms with Crippen molar-refractivity contribution in [1.29, 1.82) is 0 Å². The summed E-state index contributed by atoms with van der Waals surface area (Å²) in [6.07, 6.45) is 0. The van der Waals surface area contributed by atoms with Gasteiger partial charge in [0, 0.05) is 43.2 Å². The van der Waals surface area contributed by atoms with Crippen LogP contribution in [0.25, 0.3) is 0 Å². The molecular weight excluding hydrogens is 448 g/mol. The Morgan fingerprint density at radius 1 is 0.448 bits per heavy atom. The van der Waals surface area contributed by atoms with Crippen molar-refractivity contribution >= 4 is 59.4 Å². The van der Waals surface area contributed by atoms with Crippen LogP contribution in [-0.2, 0) is 41.0 Å². The van der Waals surface area contributed by atoms with E-state index in [1.54, 1.807) is 0 Å². The fourth-order valence-corrected chi connectivity index (χ4v) is 2.22. The number of carboxylic acids is 5. The third-order valence-electron chi connectivity index (χ3n) is 3.26. The second-order valence-corrected chi connectivity index (χ2v) is 5.67. The SMILES string of the molecule is O=C(O)CN(CCN(CC(=O)O)CC(=O)O)CCN(CC(=O)O)CC(=O)O.[Mn].[NaH]. The van der Waals surface area contributed by atoms with Crippen LogP contribution in [0.1, 0.15) is 0 Å². The van der Waals surface area contributed by atoms with E-state index in [-0.39, 0.29) is 72.8 Å². The quantitative estimate of drug-likeness (QED) is 0.140. The summed E-state index contributed by atoms with van der Waals surface area (Å²) in [5.74, 6) is -6.16. The minimum absolute atomic E-state index is 0. The molecule has 0 fully saturated rings. The maximum absolute atomic E-state index is 11.0. The average molecular weight is 472 g/mol. The zero-order valence-electron chi connectivity index (χ0n) is 14.9. The molecule has 0 aromatic rings. The molecule has 0 rings (SSSR count). The second kappa shape index (κ2) is 17.6. The van der Waals surface area contributed by atoms with Gasteiger partial charge in [0.1, 0.15) is 0 Å². The van der Waals surface area contributed by atoms with E-state index >= 15 is 0 Å². The van der Waals surface area contributed by atoms with Gasteiger partial charge in [-0.15, -0.1) is 0 Å². The third-order valence-corrected chi connectivity index (χ3v) is 3.26. The summed E-state index contributed by atoms with van der Waals surface area (Å²) < 4.78 is 0. The molecule has 0 aliphatic rings. The zero-order valence-corrected chi connectivity index (χ0v) is 16.0. The molecule has 0 aromatic carbocycles. The molecule has 0 aromatic heterocycles. The van der Waals surface area contributed by atoms with Crippen LogP contribution in [-0.4, -0.2) is 159 Å². The molecule has 0 saturated carbocycles. The van der Waals surface area contributed by atoms with Crippen molar-refractivity contribution < 1.29 is 66.6 Å². The van der Waals surface area contributed by atoms with E-state index in [1.165, 1.54) is 4.90 Å². The predicted molar refractivity (Wildman–Crippen MR) is 94.6 cm³/mol. The van der Waals surface area contributed by atoms with Crippen molar-refractivity contribution in [2.24, 2.45) is 0 Å². The van der Waals surface area contributed by atoms with E-state index in [1.807, 2.05) is 0 Å². The normalized spacial score (nSPS) is 10.3. The molecule has 0 amide bonds. The number of nitrogens with zero attached hydrogens (tertiary/aromatic N) is 3. The molecule has 5 N–H and O–H groups in total. The molecule has 15 heteroatoms. The summed E-state index contributed by atoms with van der Waals surface area (Å²) in [5, 5.41) is 44.1. The number of hydrogen-bond donors (Lipinski definition) is 5. The first-order chi connectivity index (χ1) is 12.5. The number of rotatable bonds is 16. The predicted octanol–water partition coefficient (Wildman–Crippen LogP) is -3.34. The fraction of sp³-hybridized carbons (Fsp3) is 0.643. The standard InChI is InChI=1S/C14H23N3O10.Mn.Na.H/c18-10(19)5-15(1-3-16(6-11(20)21)7-12(22)23)2-4-17(8-13(24)25)9-14(26)27;;;/h1-9H2,(H,18,19)(H,20,21)(H,22,23)(H,24,25)(H,26,27);;;. The molecule has 0 heterocycles. The summed E-state index contributed by atoms with van der Waals surface area (Å²) in [6.45, 7) is -2.74. The van der Waals surface area contributed by atoms with Crippen molar-refractivity contribution in [3.05, 3.63) is 0 Å². The van der Waals surface area contributed by atoms with Crippen molar-refractivity contribution in [2.45, 2.75) is 0 Å². The first kappa shape index (κ1) is 32.4. The first-order valence-corrected chi connectivity index (χ1v) is 7.75.